The number of phenolic OH excluding ortho intramolecular Hbond substituents is 1. The maximum Gasteiger partial charge on any atom is 0.116 e. The van der Waals surface area contributed by atoms with Crippen molar-refractivity contribution in [2.75, 3.05) is 6.61 Å². The van der Waals surface area contributed by atoms with Crippen LogP contribution in [-0.4, -0.2) is 16.8 Å². The largest absolute Gasteiger partial charge is 0.508 e. The molecule has 1 rings (SSSR count). The van der Waals surface area contributed by atoms with Gasteiger partial charge in [0.05, 0.1) is 11.6 Å². The number of aliphatic hydroxyl groups is 1. The van der Waals surface area contributed by atoms with Crippen molar-refractivity contribution in [1.29, 1.82) is 5.26 Å². The van der Waals surface area contributed by atoms with Gasteiger partial charge >= 0.3 is 0 Å². The number of nitrogens with two attached hydrogens (primary N) is 1. The van der Waals surface area contributed by atoms with Gasteiger partial charge in [0.25, 0.3) is 0 Å². The van der Waals surface area contributed by atoms with Crippen LogP contribution in [0.15, 0.2) is 18.2 Å². The van der Waals surface area contributed by atoms with Gasteiger partial charge in [-0.25, -0.2) is 0 Å². The first kappa shape index (κ1) is 10.5. The van der Waals surface area contributed by atoms with E-state index in [-0.39, 0.29) is 18.4 Å². The van der Waals surface area contributed by atoms with Crippen LogP contribution in [0.2, 0.25) is 0 Å². The molecular formula is C10H12N2O2. The molecule has 1 aromatic rings. The summed E-state index contributed by atoms with van der Waals surface area (Å²) in [5.41, 5.74) is 6.74. The molecule has 1 atom stereocenters. The summed E-state index contributed by atoms with van der Waals surface area (Å²) in [4.78, 5) is 0. The lowest BCUT2D eigenvalue weighted by molar-refractivity contribution is 0.276. The van der Waals surface area contributed by atoms with Gasteiger partial charge < -0.3 is 15.9 Å². The van der Waals surface area contributed by atoms with Gasteiger partial charge in [0, 0.05) is 12.6 Å². The number of aliphatic hydroxyl groups excluding tert-OH is 1. The molecule has 0 bridgehead atoms. The van der Waals surface area contributed by atoms with Crippen LogP contribution in [0.5, 0.6) is 5.75 Å². The van der Waals surface area contributed by atoms with Crippen molar-refractivity contribution in [3.05, 3.63) is 29.3 Å². The quantitative estimate of drug-likeness (QED) is 0.655. The fraction of sp³-hybridized carbons (Fsp3) is 0.300. The monoisotopic (exact) mass is 192 g/mol. The second kappa shape index (κ2) is 4.61. The number of hydrogen-bond acceptors (Lipinski definition) is 4. The standard InChI is InChI=1S/C10H12N2O2/c11-6-7-5-8(14)1-2-9(7)10(12)3-4-13/h1-2,5,10,13-14H,3-4,12H2/t10-/m1/s1. The number of hydrogen-bond donors (Lipinski definition) is 3. The van der Waals surface area contributed by atoms with Crippen molar-refractivity contribution in [2.45, 2.75) is 12.5 Å². The minimum atomic E-state index is -0.366. The third-order valence-corrected chi connectivity index (χ3v) is 2.00. The van der Waals surface area contributed by atoms with Crippen molar-refractivity contribution in [3.63, 3.8) is 0 Å². The fourth-order valence-electron chi connectivity index (χ4n) is 1.26. The van der Waals surface area contributed by atoms with E-state index in [1.807, 2.05) is 6.07 Å². The molecule has 0 radical (unpaired) electrons. The van der Waals surface area contributed by atoms with E-state index in [1.165, 1.54) is 12.1 Å². The highest BCUT2D eigenvalue weighted by atomic mass is 16.3. The molecule has 14 heavy (non-hydrogen) atoms. The van der Waals surface area contributed by atoms with E-state index in [1.54, 1.807) is 6.07 Å². The Kier molecular flexibility index (Phi) is 3.46. The number of phenols is 1. The van der Waals surface area contributed by atoms with E-state index in [9.17, 15) is 0 Å². The maximum absolute atomic E-state index is 9.14. The molecule has 0 unspecified atom stereocenters. The molecular weight excluding hydrogens is 180 g/mol. The molecule has 0 aliphatic heterocycles. The van der Waals surface area contributed by atoms with Crippen LogP contribution >= 0.6 is 0 Å². The third kappa shape index (κ3) is 2.22. The molecule has 0 amide bonds. The normalized spacial score (nSPS) is 12.1. The predicted molar refractivity (Wildman–Crippen MR) is 51.5 cm³/mol. The molecule has 0 aliphatic carbocycles. The smallest absolute Gasteiger partial charge is 0.116 e. The summed E-state index contributed by atoms with van der Waals surface area (Å²) >= 11 is 0. The van der Waals surface area contributed by atoms with Crippen LogP contribution < -0.4 is 5.73 Å². The Morgan fingerprint density at radius 3 is 2.79 bits per heavy atom. The fourth-order valence-corrected chi connectivity index (χ4v) is 1.26. The van der Waals surface area contributed by atoms with E-state index in [4.69, 9.17) is 21.2 Å². The first-order valence-electron chi connectivity index (χ1n) is 4.28. The van der Waals surface area contributed by atoms with E-state index < -0.39 is 0 Å². The Labute approximate surface area is 82.2 Å². The van der Waals surface area contributed by atoms with E-state index in [2.05, 4.69) is 0 Å². The molecule has 0 fully saturated rings. The van der Waals surface area contributed by atoms with Crippen molar-refractivity contribution >= 4 is 0 Å². The highest BCUT2D eigenvalue weighted by Crippen LogP contribution is 2.22. The second-order valence-corrected chi connectivity index (χ2v) is 3.00. The topological polar surface area (TPSA) is 90.3 Å². The summed E-state index contributed by atoms with van der Waals surface area (Å²) in [6.45, 7) is -0.0209. The van der Waals surface area contributed by atoms with Crippen LogP contribution in [0.25, 0.3) is 0 Å². The van der Waals surface area contributed by atoms with Gasteiger partial charge in [-0.2, -0.15) is 5.26 Å². The molecule has 0 aliphatic rings. The van der Waals surface area contributed by atoms with Crippen LogP contribution in [-0.2, 0) is 0 Å². The van der Waals surface area contributed by atoms with Crippen LogP contribution in [0.3, 0.4) is 0 Å². The zero-order chi connectivity index (χ0) is 10.6. The average molecular weight is 192 g/mol. The SMILES string of the molecule is N#Cc1cc(O)ccc1[C@H](N)CCO. The Balaban J connectivity index is 3.03. The number of benzene rings is 1. The Morgan fingerprint density at radius 2 is 2.21 bits per heavy atom. The number of nitrogens with zero attached hydrogens (tertiary/aromatic N) is 1. The Morgan fingerprint density at radius 1 is 1.50 bits per heavy atom. The van der Waals surface area contributed by atoms with Crippen molar-refractivity contribution in [1.82, 2.24) is 0 Å². The van der Waals surface area contributed by atoms with Crippen LogP contribution in [0, 0.1) is 11.3 Å². The molecule has 4 N–H and O–H groups in total. The average Bonchev–Trinajstić information content (AvgIpc) is 2.17. The molecule has 4 nitrogen and oxygen atoms in total. The zero-order valence-electron chi connectivity index (χ0n) is 7.64. The van der Waals surface area contributed by atoms with Gasteiger partial charge in [0.2, 0.25) is 0 Å². The molecule has 0 saturated carbocycles. The van der Waals surface area contributed by atoms with E-state index in [0.29, 0.717) is 17.5 Å². The summed E-state index contributed by atoms with van der Waals surface area (Å²) in [7, 11) is 0. The number of rotatable bonds is 3. The highest BCUT2D eigenvalue weighted by molar-refractivity contribution is 5.44. The van der Waals surface area contributed by atoms with Gasteiger partial charge in [-0.1, -0.05) is 6.07 Å². The molecule has 0 heterocycles. The zero-order valence-corrected chi connectivity index (χ0v) is 7.64. The van der Waals surface area contributed by atoms with Crippen molar-refractivity contribution < 1.29 is 10.2 Å². The molecule has 0 spiro atoms. The third-order valence-electron chi connectivity index (χ3n) is 2.00. The van der Waals surface area contributed by atoms with E-state index >= 15 is 0 Å². The first-order valence-corrected chi connectivity index (χ1v) is 4.28. The summed E-state index contributed by atoms with van der Waals surface area (Å²) in [6, 6.07) is 6.04. The van der Waals surface area contributed by atoms with Crippen LogP contribution in [0.4, 0.5) is 0 Å². The minimum absolute atomic E-state index is 0.0209. The summed E-state index contributed by atoms with van der Waals surface area (Å²) in [6.07, 6.45) is 0.402. The van der Waals surface area contributed by atoms with Crippen LogP contribution in [0.1, 0.15) is 23.6 Å². The Hall–Kier alpha value is -1.57. The number of nitriles is 1. The van der Waals surface area contributed by atoms with Gasteiger partial charge in [0.15, 0.2) is 0 Å². The van der Waals surface area contributed by atoms with Crippen molar-refractivity contribution in [3.8, 4) is 11.8 Å². The lowest BCUT2D eigenvalue weighted by Crippen LogP contribution is -2.13. The van der Waals surface area contributed by atoms with Gasteiger partial charge in [0.1, 0.15) is 5.75 Å². The van der Waals surface area contributed by atoms with Crippen molar-refractivity contribution in [2.24, 2.45) is 5.73 Å². The second-order valence-electron chi connectivity index (χ2n) is 3.00. The first-order chi connectivity index (χ1) is 6.69. The maximum atomic E-state index is 9.14. The highest BCUT2D eigenvalue weighted by Gasteiger charge is 2.10. The van der Waals surface area contributed by atoms with E-state index in [0.717, 1.165) is 0 Å². The lowest BCUT2D eigenvalue weighted by Gasteiger charge is -2.11. The molecule has 4 heteroatoms. The Bertz CT molecular complexity index is 358. The molecule has 1 aromatic carbocycles. The molecule has 74 valence electrons. The van der Waals surface area contributed by atoms with Gasteiger partial charge in [-0.05, 0) is 24.1 Å². The molecule has 0 aromatic heterocycles. The number of aromatic hydroxyl groups is 1. The minimum Gasteiger partial charge on any atom is -0.508 e. The summed E-state index contributed by atoms with van der Waals surface area (Å²) < 4.78 is 0. The van der Waals surface area contributed by atoms with Gasteiger partial charge in [-0.3, -0.25) is 0 Å². The van der Waals surface area contributed by atoms with Gasteiger partial charge in [-0.15, -0.1) is 0 Å². The predicted octanol–water partition coefficient (Wildman–Crippen LogP) is 0.646. The summed E-state index contributed by atoms with van der Waals surface area (Å²) in [5, 5.41) is 26.6. The lowest BCUT2D eigenvalue weighted by atomic mass is 9.99. The molecule has 0 saturated heterocycles. The summed E-state index contributed by atoms with van der Waals surface area (Å²) in [5.74, 6) is 0.0431.